The van der Waals surface area contributed by atoms with E-state index >= 15 is 0 Å². The molecule has 1 radical (unpaired) electrons. The average molecular weight is 362 g/mol. The molecule has 0 aliphatic heterocycles. The van der Waals surface area contributed by atoms with Gasteiger partial charge in [0.1, 0.15) is 0 Å². The Bertz CT molecular complexity index is 299. The first-order valence-electron chi connectivity index (χ1n) is 12.0. The van der Waals surface area contributed by atoms with Gasteiger partial charge in [-0.2, -0.15) is 0 Å². The zero-order valence-electron chi connectivity index (χ0n) is 18.3. The maximum absolute atomic E-state index is 3.93. The molecule has 0 fully saturated rings. The summed E-state index contributed by atoms with van der Waals surface area (Å²) < 4.78 is 0. The summed E-state index contributed by atoms with van der Waals surface area (Å²) in [6.07, 6.45) is 34.2. The molecule has 153 valence electrons. The van der Waals surface area contributed by atoms with Gasteiger partial charge < -0.3 is 0 Å². The van der Waals surface area contributed by atoms with E-state index in [0.29, 0.717) is 5.92 Å². The van der Waals surface area contributed by atoms with Crippen molar-refractivity contribution in [3.63, 3.8) is 0 Å². The normalized spacial score (nSPS) is 13.2. The molecule has 0 amide bonds. The molecule has 0 aliphatic rings. The Morgan fingerprint density at radius 1 is 0.615 bits per heavy atom. The van der Waals surface area contributed by atoms with E-state index in [2.05, 4.69) is 45.1 Å². The Morgan fingerprint density at radius 2 is 1.15 bits per heavy atom. The monoisotopic (exact) mass is 361 g/mol. The first-order chi connectivity index (χ1) is 12.8. The second-order valence-corrected chi connectivity index (χ2v) is 7.96. The van der Waals surface area contributed by atoms with Gasteiger partial charge >= 0.3 is 0 Å². The topological polar surface area (TPSA) is 0 Å². The number of hydrogen-bond acceptors (Lipinski definition) is 0. The summed E-state index contributed by atoms with van der Waals surface area (Å²) in [5.74, 6) is 0.668. The van der Waals surface area contributed by atoms with Crippen molar-refractivity contribution < 1.29 is 0 Å². The number of rotatable bonds is 20. The fourth-order valence-corrected chi connectivity index (χ4v) is 3.50. The molecular formula is C26H49. The van der Waals surface area contributed by atoms with Crippen LogP contribution in [-0.2, 0) is 0 Å². The SMILES string of the molecule is [CH2]CCCCCCCC(C=CCC)C=CCCCCCCCCCCC. The van der Waals surface area contributed by atoms with Crippen molar-refractivity contribution in [1.82, 2.24) is 0 Å². The highest BCUT2D eigenvalue weighted by atomic mass is 14.1. The molecule has 0 aromatic heterocycles. The summed E-state index contributed by atoms with van der Waals surface area (Å²) in [5, 5.41) is 0. The predicted octanol–water partition coefficient (Wildman–Crippen LogP) is 9.61. The first-order valence-corrected chi connectivity index (χ1v) is 12.0. The Hall–Kier alpha value is -0.520. The minimum Gasteiger partial charge on any atom is -0.0882 e. The molecule has 0 aromatic carbocycles. The van der Waals surface area contributed by atoms with Gasteiger partial charge in [0.2, 0.25) is 0 Å². The molecule has 1 atom stereocenters. The van der Waals surface area contributed by atoms with Gasteiger partial charge in [-0.15, -0.1) is 0 Å². The zero-order chi connectivity index (χ0) is 19.1. The molecule has 0 N–H and O–H groups in total. The zero-order valence-corrected chi connectivity index (χ0v) is 18.3. The summed E-state index contributed by atoms with van der Waals surface area (Å²) >= 11 is 0. The summed E-state index contributed by atoms with van der Waals surface area (Å²) in [4.78, 5) is 0. The van der Waals surface area contributed by atoms with E-state index in [1.807, 2.05) is 0 Å². The third kappa shape index (κ3) is 19.8. The van der Waals surface area contributed by atoms with E-state index in [1.165, 1.54) is 103 Å². The fraction of sp³-hybridized carbons (Fsp3) is 0.808. The Labute approximate surface area is 166 Å². The highest BCUT2D eigenvalue weighted by Crippen LogP contribution is 2.16. The fourth-order valence-electron chi connectivity index (χ4n) is 3.50. The largest absolute Gasteiger partial charge is 0.0882 e. The third-order valence-corrected chi connectivity index (χ3v) is 5.26. The molecule has 0 spiro atoms. The van der Waals surface area contributed by atoms with Crippen LogP contribution < -0.4 is 0 Å². The maximum Gasteiger partial charge on any atom is -0.00535 e. The van der Waals surface area contributed by atoms with Crippen LogP contribution in [0.3, 0.4) is 0 Å². The molecule has 0 aromatic rings. The van der Waals surface area contributed by atoms with Crippen molar-refractivity contribution in [2.45, 2.75) is 129 Å². The van der Waals surface area contributed by atoms with Crippen molar-refractivity contribution >= 4 is 0 Å². The van der Waals surface area contributed by atoms with Gasteiger partial charge in [-0.25, -0.2) is 0 Å². The van der Waals surface area contributed by atoms with Crippen molar-refractivity contribution in [2.24, 2.45) is 5.92 Å². The van der Waals surface area contributed by atoms with Crippen molar-refractivity contribution in [1.29, 1.82) is 0 Å². The summed E-state index contributed by atoms with van der Waals surface area (Å²) in [6.45, 7) is 8.45. The summed E-state index contributed by atoms with van der Waals surface area (Å²) in [7, 11) is 0. The van der Waals surface area contributed by atoms with Gasteiger partial charge in [0.05, 0.1) is 0 Å². The minimum absolute atomic E-state index is 0.668. The van der Waals surface area contributed by atoms with Gasteiger partial charge in [-0.3, -0.25) is 0 Å². The lowest BCUT2D eigenvalue weighted by atomic mass is 9.98. The van der Waals surface area contributed by atoms with Crippen LogP contribution in [0.25, 0.3) is 0 Å². The van der Waals surface area contributed by atoms with E-state index in [0.717, 1.165) is 12.8 Å². The van der Waals surface area contributed by atoms with E-state index in [4.69, 9.17) is 0 Å². The van der Waals surface area contributed by atoms with Crippen LogP contribution in [0.4, 0.5) is 0 Å². The highest BCUT2D eigenvalue weighted by Gasteiger charge is 2.00. The number of allylic oxidation sites excluding steroid dienone is 4. The van der Waals surface area contributed by atoms with Gasteiger partial charge in [-0.05, 0) is 31.6 Å². The molecular weight excluding hydrogens is 312 g/mol. The van der Waals surface area contributed by atoms with E-state index in [1.54, 1.807) is 0 Å². The number of hydrogen-bond donors (Lipinski definition) is 0. The van der Waals surface area contributed by atoms with Gasteiger partial charge in [0.15, 0.2) is 0 Å². The molecule has 0 nitrogen and oxygen atoms in total. The van der Waals surface area contributed by atoms with Crippen LogP contribution in [0, 0.1) is 12.8 Å². The van der Waals surface area contributed by atoms with Crippen molar-refractivity contribution in [3.05, 3.63) is 31.2 Å². The van der Waals surface area contributed by atoms with Crippen LogP contribution >= 0.6 is 0 Å². The first kappa shape index (κ1) is 25.5. The summed E-state index contributed by atoms with van der Waals surface area (Å²) in [5.41, 5.74) is 0. The highest BCUT2D eigenvalue weighted by molar-refractivity contribution is 5.00. The van der Waals surface area contributed by atoms with Gasteiger partial charge in [0.25, 0.3) is 0 Å². The van der Waals surface area contributed by atoms with E-state index < -0.39 is 0 Å². The van der Waals surface area contributed by atoms with Gasteiger partial charge in [0, 0.05) is 0 Å². The van der Waals surface area contributed by atoms with Crippen LogP contribution in [0.15, 0.2) is 24.3 Å². The molecule has 0 saturated carbocycles. The van der Waals surface area contributed by atoms with Crippen LogP contribution in [0.1, 0.15) is 129 Å². The second kappa shape index (κ2) is 22.5. The van der Waals surface area contributed by atoms with Crippen LogP contribution in [0.2, 0.25) is 0 Å². The smallest absolute Gasteiger partial charge is 0.00535 e. The standard InChI is InChI=1S/C26H49/c1-4-7-10-12-14-15-16-17-18-20-22-25-26(23-9-6-3)24-21-19-13-11-8-5-2/h9,22-23,25-26H,2,4-8,10-21,24H2,1,3H3. The Balaban J connectivity index is 3.68. The Kier molecular flexibility index (Phi) is 22.1. The van der Waals surface area contributed by atoms with E-state index in [-0.39, 0.29) is 0 Å². The average Bonchev–Trinajstić information content (AvgIpc) is 2.66. The molecule has 0 heterocycles. The predicted molar refractivity (Wildman–Crippen MR) is 122 cm³/mol. The molecule has 0 heteroatoms. The minimum atomic E-state index is 0.668. The lowest BCUT2D eigenvalue weighted by Crippen LogP contribution is -1.93. The maximum atomic E-state index is 3.93. The lowest BCUT2D eigenvalue weighted by molar-refractivity contribution is 0.562. The summed E-state index contributed by atoms with van der Waals surface area (Å²) in [6, 6.07) is 0. The number of unbranched alkanes of at least 4 members (excludes halogenated alkanes) is 14. The molecule has 0 aliphatic carbocycles. The second-order valence-electron chi connectivity index (χ2n) is 7.96. The molecule has 0 rings (SSSR count). The quantitative estimate of drug-likeness (QED) is 0.149. The molecule has 26 heavy (non-hydrogen) atoms. The van der Waals surface area contributed by atoms with Crippen LogP contribution in [-0.4, -0.2) is 0 Å². The van der Waals surface area contributed by atoms with Crippen molar-refractivity contribution in [2.75, 3.05) is 0 Å². The lowest BCUT2D eigenvalue weighted by Gasteiger charge is -2.08. The van der Waals surface area contributed by atoms with Gasteiger partial charge in [-0.1, -0.05) is 135 Å². The third-order valence-electron chi connectivity index (χ3n) is 5.26. The Morgan fingerprint density at radius 3 is 1.77 bits per heavy atom. The molecule has 0 bridgehead atoms. The van der Waals surface area contributed by atoms with Crippen LogP contribution in [0.5, 0.6) is 0 Å². The van der Waals surface area contributed by atoms with E-state index in [9.17, 15) is 0 Å². The molecule has 0 saturated heterocycles. The van der Waals surface area contributed by atoms with Crippen molar-refractivity contribution in [3.8, 4) is 0 Å². The molecule has 1 unspecified atom stereocenters.